The first-order chi connectivity index (χ1) is 9.28. The largest absolute Gasteiger partial charge is 0.444 e. The number of rotatable bonds is 4. The summed E-state index contributed by atoms with van der Waals surface area (Å²) in [5.74, 6) is -0.290. The van der Waals surface area contributed by atoms with Crippen LogP contribution in [0, 0.1) is 0 Å². The Labute approximate surface area is 118 Å². The molecule has 110 valence electrons. The predicted octanol–water partition coefficient (Wildman–Crippen LogP) is 1.61. The van der Waals surface area contributed by atoms with Gasteiger partial charge in [-0.3, -0.25) is 9.78 Å². The predicted molar refractivity (Wildman–Crippen MR) is 74.9 cm³/mol. The van der Waals surface area contributed by atoms with Gasteiger partial charge in [0.15, 0.2) is 0 Å². The number of amides is 2. The van der Waals surface area contributed by atoms with Crippen molar-refractivity contribution in [3.63, 3.8) is 0 Å². The van der Waals surface area contributed by atoms with E-state index in [0.29, 0.717) is 6.54 Å². The van der Waals surface area contributed by atoms with Gasteiger partial charge in [0.05, 0.1) is 12.2 Å². The Bertz CT molecular complexity index is 454. The second-order valence-electron chi connectivity index (χ2n) is 5.41. The van der Waals surface area contributed by atoms with Crippen LogP contribution in [0.5, 0.6) is 0 Å². The van der Waals surface area contributed by atoms with Crippen molar-refractivity contribution in [3.05, 3.63) is 30.1 Å². The third-order valence-corrected chi connectivity index (χ3v) is 2.30. The van der Waals surface area contributed by atoms with Crippen molar-refractivity contribution in [1.82, 2.24) is 15.6 Å². The molecular formula is C14H21N3O3. The van der Waals surface area contributed by atoms with E-state index in [1.54, 1.807) is 40.0 Å². The molecule has 0 fully saturated rings. The van der Waals surface area contributed by atoms with Crippen molar-refractivity contribution >= 4 is 12.0 Å². The van der Waals surface area contributed by atoms with E-state index >= 15 is 0 Å². The van der Waals surface area contributed by atoms with E-state index in [1.165, 1.54) is 0 Å². The topological polar surface area (TPSA) is 80.3 Å². The first kappa shape index (κ1) is 15.9. The lowest BCUT2D eigenvalue weighted by molar-refractivity contribution is -0.123. The van der Waals surface area contributed by atoms with Gasteiger partial charge in [-0.25, -0.2) is 4.79 Å². The van der Waals surface area contributed by atoms with E-state index in [4.69, 9.17) is 4.74 Å². The third-order valence-electron chi connectivity index (χ3n) is 2.30. The second-order valence-corrected chi connectivity index (χ2v) is 5.41. The minimum Gasteiger partial charge on any atom is -0.444 e. The minimum absolute atomic E-state index is 0.290. The van der Waals surface area contributed by atoms with E-state index in [0.717, 1.165) is 5.69 Å². The van der Waals surface area contributed by atoms with Crippen molar-refractivity contribution in [1.29, 1.82) is 0 Å². The van der Waals surface area contributed by atoms with E-state index < -0.39 is 17.7 Å². The molecule has 2 amide bonds. The number of hydrogen-bond acceptors (Lipinski definition) is 4. The average molecular weight is 279 g/mol. The van der Waals surface area contributed by atoms with Crippen LogP contribution in [0.25, 0.3) is 0 Å². The van der Waals surface area contributed by atoms with Crippen LogP contribution >= 0.6 is 0 Å². The first-order valence-electron chi connectivity index (χ1n) is 6.45. The van der Waals surface area contributed by atoms with Gasteiger partial charge in [0.25, 0.3) is 0 Å². The Morgan fingerprint density at radius 3 is 2.60 bits per heavy atom. The molecule has 1 atom stereocenters. The molecule has 0 aromatic carbocycles. The summed E-state index contributed by atoms with van der Waals surface area (Å²) in [6.45, 7) is 7.20. The van der Waals surface area contributed by atoms with Crippen molar-refractivity contribution < 1.29 is 14.3 Å². The van der Waals surface area contributed by atoms with Crippen LogP contribution in [0.15, 0.2) is 24.4 Å². The number of carbonyl (C=O) groups is 2. The average Bonchev–Trinajstić information content (AvgIpc) is 2.34. The number of nitrogens with one attached hydrogen (secondary N) is 2. The van der Waals surface area contributed by atoms with Crippen molar-refractivity contribution in [2.24, 2.45) is 0 Å². The molecule has 1 heterocycles. The lowest BCUT2D eigenvalue weighted by Crippen LogP contribution is -2.46. The maximum absolute atomic E-state index is 11.8. The Kier molecular flexibility index (Phi) is 5.49. The van der Waals surface area contributed by atoms with Crippen LogP contribution in [0.4, 0.5) is 4.79 Å². The molecule has 1 rings (SSSR count). The lowest BCUT2D eigenvalue weighted by Gasteiger charge is -2.21. The highest BCUT2D eigenvalue weighted by molar-refractivity contribution is 5.85. The molecular weight excluding hydrogens is 258 g/mol. The molecule has 1 aromatic rings. The maximum atomic E-state index is 11.8. The van der Waals surface area contributed by atoms with Gasteiger partial charge in [-0.05, 0) is 39.8 Å². The molecule has 0 bridgehead atoms. The lowest BCUT2D eigenvalue weighted by atomic mass is 10.2. The van der Waals surface area contributed by atoms with Crippen molar-refractivity contribution in [2.45, 2.75) is 45.9 Å². The highest BCUT2D eigenvalue weighted by Crippen LogP contribution is 2.06. The number of ether oxygens (including phenoxy) is 1. The molecule has 0 saturated carbocycles. The van der Waals surface area contributed by atoms with Crippen LogP contribution in [0.1, 0.15) is 33.4 Å². The highest BCUT2D eigenvalue weighted by atomic mass is 16.6. The molecule has 2 N–H and O–H groups in total. The number of aromatic nitrogens is 1. The van der Waals surface area contributed by atoms with Crippen LogP contribution in [0.3, 0.4) is 0 Å². The normalized spacial score (nSPS) is 12.4. The van der Waals surface area contributed by atoms with Gasteiger partial charge in [-0.1, -0.05) is 6.07 Å². The van der Waals surface area contributed by atoms with Crippen molar-refractivity contribution in [3.8, 4) is 0 Å². The summed E-state index contributed by atoms with van der Waals surface area (Å²) in [4.78, 5) is 27.4. The summed E-state index contributed by atoms with van der Waals surface area (Å²) in [5, 5.41) is 5.17. The second kappa shape index (κ2) is 6.88. The zero-order valence-corrected chi connectivity index (χ0v) is 12.3. The molecule has 1 aromatic heterocycles. The van der Waals surface area contributed by atoms with Crippen LogP contribution in [-0.4, -0.2) is 28.6 Å². The van der Waals surface area contributed by atoms with Gasteiger partial charge in [0, 0.05) is 6.20 Å². The van der Waals surface area contributed by atoms with Gasteiger partial charge in [0.2, 0.25) is 5.91 Å². The van der Waals surface area contributed by atoms with Crippen LogP contribution in [-0.2, 0) is 16.1 Å². The third kappa shape index (κ3) is 6.17. The molecule has 6 nitrogen and oxygen atoms in total. The molecule has 0 spiro atoms. The summed E-state index contributed by atoms with van der Waals surface area (Å²) >= 11 is 0. The summed E-state index contributed by atoms with van der Waals surface area (Å²) < 4.78 is 5.08. The number of hydrogen-bond donors (Lipinski definition) is 2. The first-order valence-corrected chi connectivity index (χ1v) is 6.45. The fourth-order valence-corrected chi connectivity index (χ4v) is 1.38. The number of nitrogens with zero attached hydrogens (tertiary/aromatic N) is 1. The fraction of sp³-hybridized carbons (Fsp3) is 0.500. The summed E-state index contributed by atoms with van der Waals surface area (Å²) in [6, 6.07) is 4.79. The molecule has 0 radical (unpaired) electrons. The molecule has 0 aliphatic rings. The zero-order chi connectivity index (χ0) is 15.2. The summed E-state index contributed by atoms with van der Waals surface area (Å²) in [5.41, 5.74) is 0.166. The monoisotopic (exact) mass is 279 g/mol. The van der Waals surface area contributed by atoms with E-state index in [1.807, 2.05) is 12.1 Å². The molecule has 0 aliphatic carbocycles. The van der Waals surface area contributed by atoms with Gasteiger partial charge in [-0.15, -0.1) is 0 Å². The number of alkyl carbamates (subject to hydrolysis) is 1. The van der Waals surface area contributed by atoms with E-state index in [-0.39, 0.29) is 5.91 Å². The van der Waals surface area contributed by atoms with Gasteiger partial charge in [-0.2, -0.15) is 0 Å². The number of pyridine rings is 1. The Morgan fingerprint density at radius 1 is 1.35 bits per heavy atom. The Balaban J connectivity index is 2.38. The van der Waals surface area contributed by atoms with Crippen molar-refractivity contribution in [2.75, 3.05) is 0 Å². The molecule has 0 aliphatic heterocycles. The zero-order valence-electron chi connectivity index (χ0n) is 12.3. The maximum Gasteiger partial charge on any atom is 0.408 e. The minimum atomic E-state index is -0.673. The number of carbonyl (C=O) groups excluding carboxylic acids is 2. The standard InChI is InChI=1S/C14H21N3O3/c1-10(17-13(19)20-14(2,3)4)12(18)16-9-11-7-5-6-8-15-11/h5-8,10H,9H2,1-4H3,(H,16,18)(H,17,19)/t10-/m0/s1. The van der Waals surface area contributed by atoms with E-state index in [2.05, 4.69) is 15.6 Å². The smallest absolute Gasteiger partial charge is 0.408 e. The van der Waals surface area contributed by atoms with Gasteiger partial charge >= 0.3 is 6.09 Å². The fourth-order valence-electron chi connectivity index (χ4n) is 1.38. The molecule has 20 heavy (non-hydrogen) atoms. The van der Waals surface area contributed by atoms with Gasteiger partial charge < -0.3 is 15.4 Å². The highest BCUT2D eigenvalue weighted by Gasteiger charge is 2.20. The van der Waals surface area contributed by atoms with Crippen LogP contribution in [0.2, 0.25) is 0 Å². The van der Waals surface area contributed by atoms with Crippen LogP contribution < -0.4 is 10.6 Å². The molecule has 0 saturated heterocycles. The summed E-state index contributed by atoms with van der Waals surface area (Å²) in [6.07, 6.45) is 1.04. The molecule has 0 unspecified atom stereocenters. The van der Waals surface area contributed by atoms with Gasteiger partial charge in [0.1, 0.15) is 11.6 Å². The Hall–Kier alpha value is -2.11. The quantitative estimate of drug-likeness (QED) is 0.877. The Morgan fingerprint density at radius 2 is 2.05 bits per heavy atom. The molecule has 6 heteroatoms. The summed E-state index contributed by atoms with van der Waals surface area (Å²) in [7, 11) is 0. The SMILES string of the molecule is C[C@H](NC(=O)OC(C)(C)C)C(=O)NCc1ccccn1. The van der Waals surface area contributed by atoms with E-state index in [9.17, 15) is 9.59 Å².